The summed E-state index contributed by atoms with van der Waals surface area (Å²) in [4.78, 5) is 11.6. The maximum atomic E-state index is 13.3. The zero-order chi connectivity index (χ0) is 15.3. The van der Waals surface area contributed by atoms with Crippen LogP contribution in [0.1, 0.15) is 20.3 Å². The van der Waals surface area contributed by atoms with Crippen LogP contribution >= 0.6 is 0 Å². The Balaban J connectivity index is 2.69. The van der Waals surface area contributed by atoms with Crippen LogP contribution in [0.5, 0.6) is 0 Å². The molecule has 0 aliphatic heterocycles. The number of carbonyl (C=O) groups excluding carboxylic acids is 1. The molecule has 0 bridgehead atoms. The van der Waals surface area contributed by atoms with Crippen molar-refractivity contribution in [2.24, 2.45) is 5.92 Å². The van der Waals surface area contributed by atoms with Gasteiger partial charge in [0.05, 0.1) is 18.3 Å². The molecule has 20 heavy (non-hydrogen) atoms. The molecule has 0 spiro atoms. The highest BCUT2D eigenvalue weighted by molar-refractivity contribution is 5.89. The molecule has 0 radical (unpaired) electrons. The Kier molecular flexibility index (Phi) is 5.82. The van der Waals surface area contributed by atoms with Crippen LogP contribution < -0.4 is 10.6 Å². The number of urea groups is 1. The van der Waals surface area contributed by atoms with Gasteiger partial charge in [0, 0.05) is 0 Å². The van der Waals surface area contributed by atoms with Crippen molar-refractivity contribution < 1.29 is 23.1 Å². The van der Waals surface area contributed by atoms with Crippen LogP contribution in [0, 0.1) is 23.4 Å². The summed E-state index contributed by atoms with van der Waals surface area (Å²) < 4.78 is 39.1. The second-order valence-electron chi connectivity index (χ2n) is 4.83. The van der Waals surface area contributed by atoms with E-state index in [-0.39, 0.29) is 12.5 Å². The Morgan fingerprint density at radius 2 is 1.90 bits per heavy atom. The third-order valence-corrected chi connectivity index (χ3v) is 2.59. The first-order valence-corrected chi connectivity index (χ1v) is 6.17. The molecule has 0 heterocycles. The lowest BCUT2D eigenvalue weighted by molar-refractivity contribution is 0.214. The minimum absolute atomic E-state index is 0.243. The number of amides is 2. The molecule has 0 fully saturated rings. The highest BCUT2D eigenvalue weighted by atomic mass is 19.2. The Labute approximate surface area is 115 Å². The molecule has 0 aliphatic rings. The van der Waals surface area contributed by atoms with Crippen molar-refractivity contribution in [2.75, 3.05) is 11.9 Å². The van der Waals surface area contributed by atoms with Gasteiger partial charge in [-0.05, 0) is 24.5 Å². The number of hydrogen-bond donors (Lipinski definition) is 3. The molecule has 1 atom stereocenters. The van der Waals surface area contributed by atoms with Crippen molar-refractivity contribution >= 4 is 11.7 Å². The lowest BCUT2D eigenvalue weighted by Crippen LogP contribution is -2.41. The predicted octanol–water partition coefficient (Wildman–Crippen LogP) is 2.63. The number of carbonyl (C=O) groups is 1. The molecular weight excluding hydrogens is 273 g/mol. The molecule has 0 saturated carbocycles. The topological polar surface area (TPSA) is 61.4 Å². The van der Waals surface area contributed by atoms with E-state index in [4.69, 9.17) is 5.11 Å². The number of halogens is 3. The molecule has 7 heteroatoms. The molecule has 1 rings (SSSR count). The molecule has 2 amide bonds. The average Bonchev–Trinajstić information content (AvgIpc) is 2.38. The van der Waals surface area contributed by atoms with Gasteiger partial charge in [-0.3, -0.25) is 0 Å². The van der Waals surface area contributed by atoms with Crippen LogP contribution in [-0.4, -0.2) is 23.8 Å². The Morgan fingerprint density at radius 3 is 2.45 bits per heavy atom. The smallest absolute Gasteiger partial charge is 0.319 e. The van der Waals surface area contributed by atoms with E-state index in [1.165, 1.54) is 0 Å². The standard InChI is InChI=1S/C13H17F3N2O2/c1-7(2)5-8(6-19)17-13(20)18-10-4-3-9(14)11(15)12(10)16/h3-4,7-8,19H,5-6H2,1-2H3,(H2,17,18,20). The molecule has 0 aromatic heterocycles. The van der Waals surface area contributed by atoms with Gasteiger partial charge < -0.3 is 15.7 Å². The first-order chi connectivity index (χ1) is 9.35. The molecule has 1 unspecified atom stereocenters. The summed E-state index contributed by atoms with van der Waals surface area (Å²) >= 11 is 0. The first kappa shape index (κ1) is 16.3. The largest absolute Gasteiger partial charge is 0.394 e. The summed E-state index contributed by atoms with van der Waals surface area (Å²) in [5.41, 5.74) is -0.470. The van der Waals surface area contributed by atoms with Gasteiger partial charge >= 0.3 is 6.03 Å². The lowest BCUT2D eigenvalue weighted by atomic mass is 10.0. The number of rotatable bonds is 5. The molecule has 4 nitrogen and oxygen atoms in total. The van der Waals surface area contributed by atoms with Crippen LogP contribution in [-0.2, 0) is 0 Å². The van der Waals surface area contributed by atoms with Gasteiger partial charge in [0.15, 0.2) is 17.5 Å². The van der Waals surface area contributed by atoms with E-state index in [1.807, 2.05) is 13.8 Å². The van der Waals surface area contributed by atoms with E-state index in [2.05, 4.69) is 10.6 Å². The number of hydrogen-bond acceptors (Lipinski definition) is 2. The van der Waals surface area contributed by atoms with Crippen LogP contribution in [0.2, 0.25) is 0 Å². The van der Waals surface area contributed by atoms with Crippen molar-refractivity contribution in [2.45, 2.75) is 26.3 Å². The molecule has 3 N–H and O–H groups in total. The van der Waals surface area contributed by atoms with Gasteiger partial charge in [-0.1, -0.05) is 13.8 Å². The highest BCUT2D eigenvalue weighted by Crippen LogP contribution is 2.19. The second kappa shape index (κ2) is 7.14. The fourth-order valence-electron chi connectivity index (χ4n) is 1.71. The summed E-state index contributed by atoms with van der Waals surface area (Å²) in [5, 5.41) is 13.6. The molecule has 1 aromatic carbocycles. The fourth-order valence-corrected chi connectivity index (χ4v) is 1.71. The number of benzene rings is 1. The summed E-state index contributed by atoms with van der Waals surface area (Å²) in [7, 11) is 0. The van der Waals surface area contributed by atoms with E-state index in [1.54, 1.807) is 0 Å². The third kappa shape index (κ3) is 4.41. The van der Waals surface area contributed by atoms with Gasteiger partial charge in [-0.15, -0.1) is 0 Å². The molecule has 0 saturated heterocycles. The SMILES string of the molecule is CC(C)CC(CO)NC(=O)Nc1ccc(F)c(F)c1F. The van der Waals surface area contributed by atoms with Crippen molar-refractivity contribution in [1.82, 2.24) is 5.32 Å². The van der Waals surface area contributed by atoms with Crippen molar-refractivity contribution in [1.29, 1.82) is 0 Å². The van der Waals surface area contributed by atoms with E-state index >= 15 is 0 Å². The normalized spacial score (nSPS) is 12.3. The van der Waals surface area contributed by atoms with Gasteiger partial charge in [0.2, 0.25) is 0 Å². The van der Waals surface area contributed by atoms with E-state index in [0.717, 1.165) is 6.07 Å². The second-order valence-corrected chi connectivity index (χ2v) is 4.83. The zero-order valence-corrected chi connectivity index (χ0v) is 11.2. The van der Waals surface area contributed by atoms with Crippen LogP contribution in [0.25, 0.3) is 0 Å². The van der Waals surface area contributed by atoms with E-state index < -0.39 is 35.2 Å². The number of nitrogens with one attached hydrogen (secondary N) is 2. The van der Waals surface area contributed by atoms with Gasteiger partial charge in [0.25, 0.3) is 0 Å². The molecule has 0 aliphatic carbocycles. The molecular formula is C13H17F3N2O2. The van der Waals surface area contributed by atoms with Gasteiger partial charge in [-0.25, -0.2) is 18.0 Å². The third-order valence-electron chi connectivity index (χ3n) is 2.59. The zero-order valence-electron chi connectivity index (χ0n) is 11.2. The number of aliphatic hydroxyl groups is 1. The molecule has 112 valence electrons. The number of aliphatic hydroxyl groups excluding tert-OH is 1. The maximum Gasteiger partial charge on any atom is 0.319 e. The van der Waals surface area contributed by atoms with Crippen LogP contribution in [0.15, 0.2) is 12.1 Å². The van der Waals surface area contributed by atoms with Crippen molar-refractivity contribution in [3.63, 3.8) is 0 Å². The van der Waals surface area contributed by atoms with Crippen molar-refractivity contribution in [3.05, 3.63) is 29.6 Å². The summed E-state index contributed by atoms with van der Waals surface area (Å²) in [5.74, 6) is -4.21. The summed E-state index contributed by atoms with van der Waals surface area (Å²) in [6.07, 6.45) is 0.532. The summed E-state index contributed by atoms with van der Waals surface area (Å²) in [6, 6.07) is 0.341. The quantitative estimate of drug-likeness (QED) is 0.730. The first-order valence-electron chi connectivity index (χ1n) is 6.17. The minimum atomic E-state index is -1.65. The minimum Gasteiger partial charge on any atom is -0.394 e. The fraction of sp³-hybridized carbons (Fsp3) is 0.462. The predicted molar refractivity (Wildman–Crippen MR) is 68.8 cm³/mol. The summed E-state index contributed by atoms with van der Waals surface area (Å²) in [6.45, 7) is 3.56. The van der Waals surface area contributed by atoms with E-state index in [9.17, 15) is 18.0 Å². The maximum absolute atomic E-state index is 13.3. The highest BCUT2D eigenvalue weighted by Gasteiger charge is 2.17. The monoisotopic (exact) mass is 290 g/mol. The van der Waals surface area contributed by atoms with E-state index in [0.29, 0.717) is 12.5 Å². The van der Waals surface area contributed by atoms with Gasteiger partial charge in [-0.2, -0.15) is 0 Å². The Morgan fingerprint density at radius 1 is 1.25 bits per heavy atom. The molecule has 1 aromatic rings. The average molecular weight is 290 g/mol. The Bertz CT molecular complexity index is 481. The number of anilines is 1. The lowest BCUT2D eigenvalue weighted by Gasteiger charge is -2.18. The Hall–Kier alpha value is -1.76. The van der Waals surface area contributed by atoms with Crippen molar-refractivity contribution in [3.8, 4) is 0 Å². The van der Waals surface area contributed by atoms with Gasteiger partial charge in [0.1, 0.15) is 0 Å². The van der Waals surface area contributed by atoms with Crippen LogP contribution in [0.3, 0.4) is 0 Å². The van der Waals surface area contributed by atoms with Crippen LogP contribution in [0.4, 0.5) is 23.7 Å².